The van der Waals surface area contributed by atoms with Crippen molar-refractivity contribution < 1.29 is 14.7 Å². The lowest BCUT2D eigenvalue weighted by Gasteiger charge is -2.33. The maximum absolute atomic E-state index is 12.5. The van der Waals surface area contributed by atoms with Crippen molar-refractivity contribution in [2.75, 3.05) is 6.54 Å². The SMILES string of the molecule is Cc1c(C(=O)NCC2(C(=O)O)CCCCC2)nnn1-c1ccccc1. The minimum atomic E-state index is -0.864. The maximum atomic E-state index is 12.5. The monoisotopic (exact) mass is 342 g/mol. The summed E-state index contributed by atoms with van der Waals surface area (Å²) in [6.45, 7) is 1.90. The van der Waals surface area contributed by atoms with Crippen LogP contribution in [-0.2, 0) is 4.79 Å². The first-order chi connectivity index (χ1) is 12.0. The summed E-state index contributed by atoms with van der Waals surface area (Å²) in [6.07, 6.45) is 4.00. The molecule has 25 heavy (non-hydrogen) atoms. The molecule has 1 heterocycles. The lowest BCUT2D eigenvalue weighted by molar-refractivity contribution is -0.150. The van der Waals surface area contributed by atoms with Crippen LogP contribution in [0.25, 0.3) is 5.69 Å². The lowest BCUT2D eigenvalue weighted by atomic mass is 9.74. The molecular weight excluding hydrogens is 320 g/mol. The van der Waals surface area contributed by atoms with Crippen LogP contribution in [0.2, 0.25) is 0 Å². The number of carbonyl (C=O) groups is 2. The molecule has 0 saturated heterocycles. The van der Waals surface area contributed by atoms with Gasteiger partial charge in [0, 0.05) is 6.54 Å². The van der Waals surface area contributed by atoms with E-state index in [4.69, 9.17) is 0 Å². The molecule has 7 heteroatoms. The van der Waals surface area contributed by atoms with Crippen molar-refractivity contribution in [3.05, 3.63) is 41.7 Å². The molecule has 0 radical (unpaired) electrons. The number of aliphatic carboxylic acids is 1. The molecule has 0 atom stereocenters. The summed E-state index contributed by atoms with van der Waals surface area (Å²) in [5.41, 5.74) is 0.801. The Morgan fingerprint density at radius 3 is 2.52 bits per heavy atom. The minimum absolute atomic E-state index is 0.124. The molecule has 1 saturated carbocycles. The van der Waals surface area contributed by atoms with Crippen LogP contribution in [0.15, 0.2) is 30.3 Å². The zero-order chi connectivity index (χ0) is 17.9. The lowest BCUT2D eigenvalue weighted by Crippen LogP contribution is -2.44. The van der Waals surface area contributed by atoms with Gasteiger partial charge < -0.3 is 10.4 Å². The van der Waals surface area contributed by atoms with Gasteiger partial charge in [-0.1, -0.05) is 42.7 Å². The van der Waals surface area contributed by atoms with Crippen molar-refractivity contribution in [1.82, 2.24) is 20.3 Å². The molecule has 1 aliphatic carbocycles. The molecular formula is C18H22N4O3. The Hall–Kier alpha value is -2.70. The van der Waals surface area contributed by atoms with E-state index >= 15 is 0 Å². The molecule has 1 fully saturated rings. The van der Waals surface area contributed by atoms with Crippen LogP contribution in [-0.4, -0.2) is 38.5 Å². The van der Waals surface area contributed by atoms with Crippen LogP contribution in [0.5, 0.6) is 0 Å². The van der Waals surface area contributed by atoms with Crippen LogP contribution in [0.1, 0.15) is 48.3 Å². The van der Waals surface area contributed by atoms with E-state index in [0.29, 0.717) is 18.5 Å². The van der Waals surface area contributed by atoms with Crippen LogP contribution in [0.3, 0.4) is 0 Å². The molecule has 0 spiro atoms. The normalized spacial score (nSPS) is 16.4. The molecule has 7 nitrogen and oxygen atoms in total. The topological polar surface area (TPSA) is 97.1 Å². The van der Waals surface area contributed by atoms with Gasteiger partial charge in [0.15, 0.2) is 5.69 Å². The fourth-order valence-electron chi connectivity index (χ4n) is 3.38. The highest BCUT2D eigenvalue weighted by molar-refractivity contribution is 5.93. The average molecular weight is 342 g/mol. The second kappa shape index (κ2) is 7.04. The van der Waals surface area contributed by atoms with E-state index in [-0.39, 0.29) is 18.1 Å². The summed E-state index contributed by atoms with van der Waals surface area (Å²) < 4.78 is 1.60. The second-order valence-corrected chi connectivity index (χ2v) is 6.60. The van der Waals surface area contributed by atoms with Gasteiger partial charge in [-0.2, -0.15) is 0 Å². The number of aromatic nitrogens is 3. The van der Waals surface area contributed by atoms with E-state index < -0.39 is 11.4 Å². The van der Waals surface area contributed by atoms with E-state index in [1.165, 1.54) is 0 Å². The molecule has 1 aromatic carbocycles. The van der Waals surface area contributed by atoms with Crippen molar-refractivity contribution in [3.8, 4) is 5.69 Å². The number of benzene rings is 1. The molecule has 2 aromatic rings. The molecule has 0 bridgehead atoms. The van der Waals surface area contributed by atoms with Gasteiger partial charge in [-0.15, -0.1) is 5.10 Å². The first-order valence-corrected chi connectivity index (χ1v) is 8.53. The summed E-state index contributed by atoms with van der Waals surface area (Å²) in [4.78, 5) is 24.2. The molecule has 1 aromatic heterocycles. The van der Waals surface area contributed by atoms with Crippen molar-refractivity contribution in [2.45, 2.75) is 39.0 Å². The molecule has 0 aliphatic heterocycles. The van der Waals surface area contributed by atoms with E-state index in [9.17, 15) is 14.7 Å². The first kappa shape index (κ1) is 17.1. The van der Waals surface area contributed by atoms with Crippen molar-refractivity contribution in [1.29, 1.82) is 0 Å². The van der Waals surface area contributed by atoms with E-state index in [2.05, 4.69) is 15.6 Å². The standard InChI is InChI=1S/C18H22N4O3/c1-13-15(20-21-22(13)14-8-4-2-5-9-14)16(23)19-12-18(17(24)25)10-6-3-7-11-18/h2,4-5,8-9H,3,6-7,10-12H2,1H3,(H,19,23)(H,24,25). The number of carboxylic acid groups (broad SMARTS) is 1. The van der Waals surface area contributed by atoms with Gasteiger partial charge in [-0.05, 0) is 31.9 Å². The second-order valence-electron chi connectivity index (χ2n) is 6.60. The molecule has 1 amide bonds. The number of nitrogens with one attached hydrogen (secondary N) is 1. The fraction of sp³-hybridized carbons (Fsp3) is 0.444. The maximum Gasteiger partial charge on any atom is 0.311 e. The fourth-order valence-corrected chi connectivity index (χ4v) is 3.38. The number of nitrogens with zero attached hydrogens (tertiary/aromatic N) is 3. The van der Waals surface area contributed by atoms with Crippen LogP contribution >= 0.6 is 0 Å². The summed E-state index contributed by atoms with van der Waals surface area (Å²) in [6, 6.07) is 9.43. The highest BCUT2D eigenvalue weighted by Crippen LogP contribution is 2.36. The van der Waals surface area contributed by atoms with Crippen molar-refractivity contribution in [2.24, 2.45) is 5.41 Å². The Bertz CT molecular complexity index is 764. The number of carbonyl (C=O) groups excluding carboxylic acids is 1. The summed E-state index contributed by atoms with van der Waals surface area (Å²) in [7, 11) is 0. The Morgan fingerprint density at radius 2 is 1.88 bits per heavy atom. The Kier molecular flexibility index (Phi) is 4.83. The third-order valence-electron chi connectivity index (χ3n) is 4.96. The average Bonchev–Trinajstić information content (AvgIpc) is 3.02. The van der Waals surface area contributed by atoms with Crippen LogP contribution in [0, 0.1) is 12.3 Å². The third kappa shape index (κ3) is 3.40. The van der Waals surface area contributed by atoms with Gasteiger partial charge in [0.25, 0.3) is 5.91 Å². The number of amides is 1. The quantitative estimate of drug-likeness (QED) is 0.869. The van der Waals surface area contributed by atoms with E-state index in [1.807, 2.05) is 30.3 Å². The van der Waals surface area contributed by atoms with E-state index in [1.54, 1.807) is 11.6 Å². The van der Waals surface area contributed by atoms with Gasteiger partial charge in [0.1, 0.15) is 0 Å². The Balaban J connectivity index is 1.74. The van der Waals surface area contributed by atoms with E-state index in [0.717, 1.165) is 24.9 Å². The van der Waals surface area contributed by atoms with Gasteiger partial charge in [0.2, 0.25) is 0 Å². The number of carboxylic acids is 1. The molecule has 0 unspecified atom stereocenters. The van der Waals surface area contributed by atoms with Crippen molar-refractivity contribution >= 4 is 11.9 Å². The van der Waals surface area contributed by atoms with Crippen LogP contribution in [0.4, 0.5) is 0 Å². The Morgan fingerprint density at radius 1 is 1.20 bits per heavy atom. The largest absolute Gasteiger partial charge is 0.481 e. The Labute approximate surface area is 146 Å². The third-order valence-corrected chi connectivity index (χ3v) is 4.96. The summed E-state index contributed by atoms with van der Waals surface area (Å²) >= 11 is 0. The van der Waals surface area contributed by atoms with Crippen LogP contribution < -0.4 is 5.32 Å². The number of hydrogen-bond acceptors (Lipinski definition) is 4. The summed E-state index contributed by atoms with van der Waals surface area (Å²) in [5, 5.41) is 20.4. The molecule has 3 rings (SSSR count). The predicted molar refractivity (Wildman–Crippen MR) is 91.6 cm³/mol. The predicted octanol–water partition coefficient (Wildman–Crippen LogP) is 2.34. The van der Waals surface area contributed by atoms with Gasteiger partial charge in [-0.3, -0.25) is 9.59 Å². The van der Waals surface area contributed by atoms with Gasteiger partial charge >= 0.3 is 5.97 Å². The number of hydrogen-bond donors (Lipinski definition) is 2. The number of rotatable bonds is 5. The smallest absolute Gasteiger partial charge is 0.311 e. The zero-order valence-electron chi connectivity index (χ0n) is 14.2. The number of para-hydroxylation sites is 1. The molecule has 2 N–H and O–H groups in total. The summed E-state index contributed by atoms with van der Waals surface area (Å²) in [5.74, 6) is -1.22. The first-order valence-electron chi connectivity index (χ1n) is 8.53. The van der Waals surface area contributed by atoms with Crippen molar-refractivity contribution in [3.63, 3.8) is 0 Å². The highest BCUT2D eigenvalue weighted by Gasteiger charge is 2.40. The highest BCUT2D eigenvalue weighted by atomic mass is 16.4. The van der Waals surface area contributed by atoms with Gasteiger partial charge in [-0.25, -0.2) is 4.68 Å². The zero-order valence-corrected chi connectivity index (χ0v) is 14.2. The van der Waals surface area contributed by atoms with Gasteiger partial charge in [0.05, 0.1) is 16.8 Å². The minimum Gasteiger partial charge on any atom is -0.481 e. The molecule has 1 aliphatic rings. The molecule has 132 valence electrons.